The number of carbonyl (C=O) groups is 1. The summed E-state index contributed by atoms with van der Waals surface area (Å²) < 4.78 is 5.26. The third-order valence-corrected chi connectivity index (χ3v) is 5.13. The molecular formula is C23H38N4O6. The molecule has 0 atom stereocenters. The molecule has 0 aliphatic carbocycles. The summed E-state index contributed by atoms with van der Waals surface area (Å²) in [4.78, 5) is 23.1. The molecule has 1 rings (SSSR count). The molecule has 0 aliphatic heterocycles. The maximum absolute atomic E-state index is 12.5. The fourth-order valence-electron chi connectivity index (χ4n) is 3.29. The summed E-state index contributed by atoms with van der Waals surface area (Å²) in [5.74, 6) is -0.766. The Kier molecular flexibility index (Phi) is 15.4. The van der Waals surface area contributed by atoms with Crippen LogP contribution in [-0.4, -0.2) is 59.0 Å². The van der Waals surface area contributed by atoms with Crippen LogP contribution in [0.3, 0.4) is 0 Å². The SMILES string of the molecule is CCCCCCCCCCCCOC(=O)c1cc(/N=N\N(CCO)CCO)ccc1[N+](=O)[O-]. The minimum absolute atomic E-state index is 0.171. The second-order valence-corrected chi connectivity index (χ2v) is 7.87. The van der Waals surface area contributed by atoms with E-state index in [1.165, 1.54) is 68.2 Å². The topological polar surface area (TPSA) is 138 Å². The molecule has 0 saturated carbocycles. The van der Waals surface area contributed by atoms with E-state index in [9.17, 15) is 14.9 Å². The lowest BCUT2D eigenvalue weighted by Crippen LogP contribution is -2.24. The molecule has 186 valence electrons. The minimum Gasteiger partial charge on any atom is -0.462 e. The summed E-state index contributed by atoms with van der Waals surface area (Å²) in [5, 5.41) is 38.5. The first-order chi connectivity index (χ1) is 16.0. The molecule has 0 saturated heterocycles. The summed E-state index contributed by atoms with van der Waals surface area (Å²) in [7, 11) is 0. The highest BCUT2D eigenvalue weighted by Gasteiger charge is 2.22. The third-order valence-electron chi connectivity index (χ3n) is 5.13. The number of carbonyl (C=O) groups excluding carboxylic acids is 1. The Labute approximate surface area is 195 Å². The Morgan fingerprint density at radius 3 is 2.12 bits per heavy atom. The second kappa shape index (κ2) is 17.9. The number of esters is 1. The predicted octanol–water partition coefficient (Wildman–Crippen LogP) is 4.96. The first kappa shape index (κ1) is 28.4. The van der Waals surface area contributed by atoms with Crippen LogP contribution in [0.5, 0.6) is 0 Å². The molecule has 10 nitrogen and oxygen atoms in total. The first-order valence-corrected chi connectivity index (χ1v) is 11.9. The van der Waals surface area contributed by atoms with E-state index in [0.29, 0.717) is 6.42 Å². The summed E-state index contributed by atoms with van der Waals surface area (Å²) >= 11 is 0. The largest absolute Gasteiger partial charge is 0.462 e. The van der Waals surface area contributed by atoms with E-state index in [1.807, 2.05) is 0 Å². The van der Waals surface area contributed by atoms with Gasteiger partial charge < -0.3 is 14.9 Å². The van der Waals surface area contributed by atoms with Crippen molar-refractivity contribution in [1.29, 1.82) is 0 Å². The zero-order valence-corrected chi connectivity index (χ0v) is 19.7. The molecule has 0 radical (unpaired) electrons. The van der Waals surface area contributed by atoms with Crippen LogP contribution in [0.15, 0.2) is 28.5 Å². The van der Waals surface area contributed by atoms with Crippen LogP contribution < -0.4 is 0 Å². The van der Waals surface area contributed by atoms with E-state index in [1.54, 1.807) is 0 Å². The van der Waals surface area contributed by atoms with Crippen molar-refractivity contribution < 1.29 is 24.7 Å². The van der Waals surface area contributed by atoms with Crippen LogP contribution in [0.1, 0.15) is 81.5 Å². The summed E-state index contributed by atoms with van der Waals surface area (Å²) in [6, 6.07) is 3.82. The number of benzene rings is 1. The van der Waals surface area contributed by atoms with Gasteiger partial charge in [-0.2, -0.15) is 0 Å². The van der Waals surface area contributed by atoms with Crippen molar-refractivity contribution >= 4 is 17.3 Å². The molecule has 33 heavy (non-hydrogen) atoms. The number of hydrogen-bond acceptors (Lipinski definition) is 8. The summed E-state index contributed by atoms with van der Waals surface area (Å²) in [6.07, 6.45) is 11.6. The minimum atomic E-state index is -0.766. The molecule has 10 heteroatoms. The van der Waals surface area contributed by atoms with Gasteiger partial charge in [-0.1, -0.05) is 69.9 Å². The van der Waals surface area contributed by atoms with E-state index in [4.69, 9.17) is 14.9 Å². The van der Waals surface area contributed by atoms with Crippen LogP contribution in [0.25, 0.3) is 0 Å². The lowest BCUT2D eigenvalue weighted by molar-refractivity contribution is -0.385. The maximum atomic E-state index is 12.5. The van der Waals surface area contributed by atoms with E-state index in [0.717, 1.165) is 12.8 Å². The fraction of sp³-hybridized carbons (Fsp3) is 0.696. The van der Waals surface area contributed by atoms with Crippen molar-refractivity contribution in [3.63, 3.8) is 0 Å². The van der Waals surface area contributed by atoms with Gasteiger partial charge in [-0.15, -0.1) is 5.11 Å². The Hall–Kier alpha value is -2.59. The van der Waals surface area contributed by atoms with Crippen molar-refractivity contribution in [2.75, 3.05) is 32.9 Å². The molecule has 0 unspecified atom stereocenters. The molecular weight excluding hydrogens is 428 g/mol. The van der Waals surface area contributed by atoms with Crippen molar-refractivity contribution in [3.05, 3.63) is 33.9 Å². The monoisotopic (exact) mass is 466 g/mol. The molecule has 2 N–H and O–H groups in total. The van der Waals surface area contributed by atoms with Gasteiger partial charge in [0.15, 0.2) is 0 Å². The van der Waals surface area contributed by atoms with Gasteiger partial charge in [-0.3, -0.25) is 15.1 Å². The van der Waals surface area contributed by atoms with Crippen LogP contribution in [0.2, 0.25) is 0 Å². The summed E-state index contributed by atoms with van der Waals surface area (Å²) in [5.41, 5.74) is -0.309. The van der Waals surface area contributed by atoms with Gasteiger partial charge in [0.2, 0.25) is 0 Å². The summed E-state index contributed by atoms with van der Waals surface area (Å²) in [6.45, 7) is 2.42. The van der Waals surface area contributed by atoms with Gasteiger partial charge in [0, 0.05) is 6.07 Å². The lowest BCUT2D eigenvalue weighted by atomic mass is 10.1. The van der Waals surface area contributed by atoms with Gasteiger partial charge in [-0.05, 0) is 18.6 Å². The van der Waals surface area contributed by atoms with Gasteiger partial charge in [0.1, 0.15) is 5.56 Å². The van der Waals surface area contributed by atoms with E-state index in [2.05, 4.69) is 17.3 Å². The molecule has 0 aliphatic rings. The number of nitro groups is 1. The Morgan fingerprint density at radius 2 is 1.58 bits per heavy atom. The number of aliphatic hydroxyl groups is 2. The number of aliphatic hydroxyl groups excluding tert-OH is 2. The molecule has 0 aromatic heterocycles. The van der Waals surface area contributed by atoms with Gasteiger partial charge in [0.05, 0.1) is 43.5 Å². The zero-order valence-electron chi connectivity index (χ0n) is 19.7. The van der Waals surface area contributed by atoms with Gasteiger partial charge in [0.25, 0.3) is 5.69 Å². The highest BCUT2D eigenvalue weighted by molar-refractivity contribution is 5.94. The van der Waals surface area contributed by atoms with Crippen molar-refractivity contribution in [3.8, 4) is 0 Å². The van der Waals surface area contributed by atoms with Crippen LogP contribution in [0.4, 0.5) is 11.4 Å². The molecule has 0 heterocycles. The Balaban J connectivity index is 2.52. The number of nitrogens with zero attached hydrogens (tertiary/aromatic N) is 4. The van der Waals surface area contributed by atoms with Crippen LogP contribution in [0, 0.1) is 10.1 Å². The first-order valence-electron chi connectivity index (χ1n) is 11.9. The number of hydrogen-bond donors (Lipinski definition) is 2. The average Bonchev–Trinajstić information content (AvgIpc) is 2.81. The van der Waals surface area contributed by atoms with Crippen molar-refractivity contribution in [1.82, 2.24) is 5.01 Å². The normalized spacial score (nSPS) is 11.1. The van der Waals surface area contributed by atoms with E-state index in [-0.39, 0.29) is 49.8 Å². The molecule has 0 spiro atoms. The van der Waals surface area contributed by atoms with E-state index >= 15 is 0 Å². The molecule has 1 aromatic rings. The van der Waals surface area contributed by atoms with Crippen LogP contribution >= 0.6 is 0 Å². The maximum Gasteiger partial charge on any atom is 0.345 e. The quantitative estimate of drug-likeness (QED) is 0.0966. The Bertz CT molecular complexity index is 723. The predicted molar refractivity (Wildman–Crippen MR) is 125 cm³/mol. The number of nitro benzene ring substituents is 1. The second-order valence-electron chi connectivity index (χ2n) is 7.87. The standard InChI is InChI=1S/C23H38N4O6/c1-2-3-4-5-6-7-8-9-10-11-18-33-23(30)21-19-20(12-13-22(21)27(31)32)24-25-26(14-16-28)15-17-29/h12-13,19,28-29H,2-11,14-18H2,1H3/b25-24-. The Morgan fingerprint density at radius 1 is 1.00 bits per heavy atom. The van der Waals surface area contributed by atoms with Crippen molar-refractivity contribution in [2.45, 2.75) is 71.1 Å². The molecule has 0 bridgehead atoms. The van der Waals surface area contributed by atoms with Gasteiger partial charge >= 0.3 is 5.97 Å². The van der Waals surface area contributed by atoms with Crippen LogP contribution in [-0.2, 0) is 4.74 Å². The number of ether oxygens (including phenoxy) is 1. The average molecular weight is 467 g/mol. The van der Waals surface area contributed by atoms with Crippen molar-refractivity contribution in [2.24, 2.45) is 10.3 Å². The van der Waals surface area contributed by atoms with E-state index < -0.39 is 10.9 Å². The smallest absolute Gasteiger partial charge is 0.345 e. The zero-order chi connectivity index (χ0) is 24.3. The van der Waals surface area contributed by atoms with Gasteiger partial charge in [-0.25, -0.2) is 4.79 Å². The lowest BCUT2D eigenvalue weighted by Gasteiger charge is -2.14. The molecule has 0 amide bonds. The highest BCUT2D eigenvalue weighted by Crippen LogP contribution is 2.26. The molecule has 0 fully saturated rings. The number of rotatable bonds is 19. The highest BCUT2D eigenvalue weighted by atomic mass is 16.6. The third kappa shape index (κ3) is 12.3. The number of unbranched alkanes of at least 4 members (excludes halogenated alkanes) is 9. The fourth-order valence-corrected chi connectivity index (χ4v) is 3.29. The molecule has 1 aromatic carbocycles.